The summed E-state index contributed by atoms with van der Waals surface area (Å²) in [6.07, 6.45) is 1.81. The van der Waals surface area contributed by atoms with E-state index in [4.69, 9.17) is 0 Å². The van der Waals surface area contributed by atoms with Crippen molar-refractivity contribution in [3.05, 3.63) is 29.8 Å². The SMILES string of the molecule is CCCNCC(C)S(=O)(=O)Nc1ccccc1CC. The lowest BCUT2D eigenvalue weighted by Crippen LogP contribution is -2.35. The number of hydrogen-bond acceptors (Lipinski definition) is 3. The zero-order chi connectivity index (χ0) is 14.3. The van der Waals surface area contributed by atoms with Crippen LogP contribution in [0.25, 0.3) is 0 Å². The molecule has 0 saturated carbocycles. The highest BCUT2D eigenvalue weighted by Crippen LogP contribution is 2.18. The monoisotopic (exact) mass is 284 g/mol. The molecule has 4 nitrogen and oxygen atoms in total. The highest BCUT2D eigenvalue weighted by Gasteiger charge is 2.20. The first-order valence-corrected chi connectivity index (χ1v) is 8.36. The summed E-state index contributed by atoms with van der Waals surface area (Å²) < 4.78 is 27.1. The molecule has 1 aromatic carbocycles. The molecule has 0 radical (unpaired) electrons. The quantitative estimate of drug-likeness (QED) is 0.721. The Hall–Kier alpha value is -1.07. The maximum Gasteiger partial charge on any atom is 0.236 e. The molecule has 0 amide bonds. The van der Waals surface area contributed by atoms with Gasteiger partial charge in [0, 0.05) is 6.54 Å². The van der Waals surface area contributed by atoms with Crippen LogP contribution in [0.15, 0.2) is 24.3 Å². The second-order valence-corrected chi connectivity index (χ2v) is 6.77. The molecule has 2 N–H and O–H groups in total. The Bertz CT molecular complexity index is 486. The van der Waals surface area contributed by atoms with Crippen molar-refractivity contribution in [3.63, 3.8) is 0 Å². The Balaban J connectivity index is 2.73. The summed E-state index contributed by atoms with van der Waals surface area (Å²) >= 11 is 0. The smallest absolute Gasteiger partial charge is 0.236 e. The second-order valence-electron chi connectivity index (χ2n) is 4.67. The number of aryl methyl sites for hydroxylation is 1. The van der Waals surface area contributed by atoms with Crippen molar-refractivity contribution < 1.29 is 8.42 Å². The summed E-state index contributed by atoms with van der Waals surface area (Å²) in [6.45, 7) is 7.10. The van der Waals surface area contributed by atoms with Crippen LogP contribution in [0, 0.1) is 0 Å². The first-order chi connectivity index (χ1) is 9.01. The molecule has 1 unspecified atom stereocenters. The molecule has 108 valence electrons. The van der Waals surface area contributed by atoms with Crippen LogP contribution in [-0.2, 0) is 16.4 Å². The molecule has 0 aromatic heterocycles. The first kappa shape index (κ1) is 16.0. The lowest BCUT2D eigenvalue weighted by molar-refractivity contribution is 0.575. The molecule has 1 atom stereocenters. The van der Waals surface area contributed by atoms with Gasteiger partial charge in [0.1, 0.15) is 0 Å². The predicted molar refractivity (Wildman–Crippen MR) is 81.0 cm³/mol. The molecular weight excluding hydrogens is 260 g/mol. The zero-order valence-electron chi connectivity index (χ0n) is 11.9. The van der Waals surface area contributed by atoms with E-state index in [1.165, 1.54) is 0 Å². The molecule has 0 bridgehead atoms. The number of anilines is 1. The molecule has 5 heteroatoms. The minimum absolute atomic E-state index is 0.455. The first-order valence-electron chi connectivity index (χ1n) is 6.81. The number of sulfonamides is 1. The van der Waals surface area contributed by atoms with Crippen molar-refractivity contribution in [2.24, 2.45) is 0 Å². The Morgan fingerprint density at radius 2 is 1.89 bits per heavy atom. The van der Waals surface area contributed by atoms with Crippen molar-refractivity contribution in [3.8, 4) is 0 Å². The van der Waals surface area contributed by atoms with Gasteiger partial charge in [0.15, 0.2) is 0 Å². The number of nitrogens with one attached hydrogen (secondary N) is 2. The van der Waals surface area contributed by atoms with Crippen molar-refractivity contribution in [2.45, 2.75) is 38.9 Å². The topological polar surface area (TPSA) is 58.2 Å². The van der Waals surface area contributed by atoms with Crippen LogP contribution in [0.3, 0.4) is 0 Å². The fourth-order valence-electron chi connectivity index (χ4n) is 1.77. The number of benzene rings is 1. The molecule has 1 rings (SSSR count). The van der Waals surface area contributed by atoms with Crippen molar-refractivity contribution in [1.82, 2.24) is 5.32 Å². The van der Waals surface area contributed by atoms with E-state index in [1.807, 2.05) is 31.2 Å². The largest absolute Gasteiger partial charge is 0.315 e. The van der Waals surface area contributed by atoms with Crippen molar-refractivity contribution in [2.75, 3.05) is 17.8 Å². The van der Waals surface area contributed by atoms with Crippen molar-refractivity contribution >= 4 is 15.7 Å². The molecule has 0 aliphatic carbocycles. The van der Waals surface area contributed by atoms with Gasteiger partial charge >= 0.3 is 0 Å². The van der Waals surface area contributed by atoms with E-state index >= 15 is 0 Å². The summed E-state index contributed by atoms with van der Waals surface area (Å²) in [6, 6.07) is 7.51. The van der Waals surface area contributed by atoms with E-state index < -0.39 is 15.3 Å². The summed E-state index contributed by atoms with van der Waals surface area (Å²) in [5.74, 6) is 0. The predicted octanol–water partition coefficient (Wildman–Crippen LogP) is 2.38. The van der Waals surface area contributed by atoms with Gasteiger partial charge < -0.3 is 5.32 Å². The third kappa shape index (κ3) is 4.84. The molecule has 0 aliphatic rings. The van der Waals surface area contributed by atoms with E-state index in [0.717, 1.165) is 24.9 Å². The van der Waals surface area contributed by atoms with Gasteiger partial charge in [0.05, 0.1) is 10.9 Å². The van der Waals surface area contributed by atoms with Crippen LogP contribution in [-0.4, -0.2) is 26.8 Å². The average molecular weight is 284 g/mol. The van der Waals surface area contributed by atoms with Gasteiger partial charge in [-0.3, -0.25) is 4.72 Å². The summed E-state index contributed by atoms with van der Waals surface area (Å²) in [7, 11) is -3.34. The molecular formula is C14H24N2O2S. The lowest BCUT2D eigenvalue weighted by atomic mass is 10.1. The normalized spacial score (nSPS) is 13.2. The molecule has 19 heavy (non-hydrogen) atoms. The van der Waals surface area contributed by atoms with E-state index in [0.29, 0.717) is 12.2 Å². The van der Waals surface area contributed by atoms with Gasteiger partial charge in [0.25, 0.3) is 0 Å². The Kier molecular flexibility index (Phi) is 6.31. The summed E-state index contributed by atoms with van der Waals surface area (Å²) in [4.78, 5) is 0. The number of hydrogen-bond donors (Lipinski definition) is 2. The van der Waals surface area contributed by atoms with Gasteiger partial charge in [-0.1, -0.05) is 32.0 Å². The van der Waals surface area contributed by atoms with Gasteiger partial charge in [-0.25, -0.2) is 8.42 Å². The molecule has 1 aromatic rings. The van der Waals surface area contributed by atoms with Gasteiger partial charge in [-0.05, 0) is 37.9 Å². The van der Waals surface area contributed by atoms with E-state index in [1.54, 1.807) is 6.92 Å². The van der Waals surface area contributed by atoms with Gasteiger partial charge in [-0.2, -0.15) is 0 Å². The summed E-state index contributed by atoms with van der Waals surface area (Å²) in [5, 5.41) is 2.68. The van der Waals surface area contributed by atoms with E-state index in [-0.39, 0.29) is 0 Å². The van der Waals surface area contributed by atoms with E-state index in [2.05, 4.69) is 17.0 Å². The molecule has 0 fully saturated rings. The number of para-hydroxylation sites is 1. The fraction of sp³-hybridized carbons (Fsp3) is 0.571. The molecule has 0 saturated heterocycles. The molecule has 0 aliphatic heterocycles. The average Bonchev–Trinajstić information content (AvgIpc) is 2.39. The minimum Gasteiger partial charge on any atom is -0.315 e. The highest BCUT2D eigenvalue weighted by molar-refractivity contribution is 7.93. The van der Waals surface area contributed by atoms with Gasteiger partial charge in [-0.15, -0.1) is 0 Å². The zero-order valence-corrected chi connectivity index (χ0v) is 12.8. The Morgan fingerprint density at radius 3 is 2.53 bits per heavy atom. The van der Waals surface area contributed by atoms with Crippen LogP contribution in [0.5, 0.6) is 0 Å². The fourth-order valence-corrected chi connectivity index (χ4v) is 2.82. The minimum atomic E-state index is -3.34. The van der Waals surface area contributed by atoms with Crippen LogP contribution < -0.4 is 10.0 Å². The number of rotatable bonds is 8. The Morgan fingerprint density at radius 1 is 1.21 bits per heavy atom. The molecule has 0 heterocycles. The standard InChI is InChI=1S/C14H24N2O2S/c1-4-10-15-11-12(3)19(17,18)16-14-9-7-6-8-13(14)5-2/h6-9,12,15-16H,4-5,10-11H2,1-3H3. The third-order valence-corrected chi connectivity index (χ3v) is 4.77. The third-order valence-electron chi connectivity index (χ3n) is 3.04. The second kappa shape index (κ2) is 7.50. The lowest BCUT2D eigenvalue weighted by Gasteiger charge is -2.17. The summed E-state index contributed by atoms with van der Waals surface area (Å²) in [5.41, 5.74) is 1.70. The van der Waals surface area contributed by atoms with Crippen LogP contribution in [0.4, 0.5) is 5.69 Å². The van der Waals surface area contributed by atoms with Crippen LogP contribution in [0.1, 0.15) is 32.8 Å². The maximum atomic E-state index is 12.2. The van der Waals surface area contributed by atoms with Crippen LogP contribution in [0.2, 0.25) is 0 Å². The molecule has 0 spiro atoms. The van der Waals surface area contributed by atoms with Crippen molar-refractivity contribution in [1.29, 1.82) is 0 Å². The van der Waals surface area contributed by atoms with Gasteiger partial charge in [0.2, 0.25) is 10.0 Å². The highest BCUT2D eigenvalue weighted by atomic mass is 32.2. The van der Waals surface area contributed by atoms with E-state index in [9.17, 15) is 8.42 Å². The maximum absolute atomic E-state index is 12.2. The Labute approximate surface area is 116 Å². The van der Waals surface area contributed by atoms with Crippen LogP contribution >= 0.6 is 0 Å².